The van der Waals surface area contributed by atoms with Gasteiger partial charge in [-0.25, -0.2) is 0 Å². The van der Waals surface area contributed by atoms with Gasteiger partial charge in [-0.05, 0) is 6.42 Å². The minimum Gasteiger partial charge on any atom is -0.469 e. The van der Waals surface area contributed by atoms with Gasteiger partial charge >= 0.3 is 11.9 Å². The highest BCUT2D eigenvalue weighted by Crippen LogP contribution is 2.47. The Balaban J connectivity index is 4.16. The number of unbranched alkanes of at least 4 members (excludes halogenated alkanes) is 7. The number of carbonyl (C=O) groups excluding carboxylic acids is 2. The summed E-state index contributed by atoms with van der Waals surface area (Å²) >= 11 is 0. The lowest BCUT2D eigenvalue weighted by atomic mass is 10.1. The lowest BCUT2D eigenvalue weighted by Gasteiger charge is -2.17. The Labute approximate surface area is 147 Å². The molecule has 0 unspecified atom stereocenters. The van der Waals surface area contributed by atoms with Crippen molar-refractivity contribution in [2.24, 2.45) is 0 Å². The van der Waals surface area contributed by atoms with E-state index in [1.165, 1.54) is 46.3 Å². The van der Waals surface area contributed by atoms with Crippen LogP contribution in [0.1, 0.15) is 71.1 Å². The van der Waals surface area contributed by atoms with E-state index in [9.17, 15) is 14.2 Å². The predicted octanol–water partition coefficient (Wildman–Crippen LogP) is 4.62. The van der Waals surface area contributed by atoms with Crippen molar-refractivity contribution in [3.63, 3.8) is 0 Å². The van der Waals surface area contributed by atoms with Gasteiger partial charge in [0.25, 0.3) is 0 Å². The van der Waals surface area contributed by atoms with E-state index in [1.807, 2.05) is 0 Å². The molecule has 0 radical (unpaired) electrons. The maximum absolute atomic E-state index is 13.0. The summed E-state index contributed by atoms with van der Waals surface area (Å²) in [5, 5.41) is 0. The first kappa shape index (κ1) is 23.2. The van der Waals surface area contributed by atoms with E-state index >= 15 is 0 Å². The van der Waals surface area contributed by atoms with E-state index in [-0.39, 0.29) is 24.8 Å². The third-order valence-corrected chi connectivity index (χ3v) is 7.53. The van der Waals surface area contributed by atoms with Crippen molar-refractivity contribution in [3.8, 4) is 0 Å². The third-order valence-electron chi connectivity index (χ3n) is 4.32. The number of carbonyl (C=O) groups is 2. The molecule has 0 rings (SSSR count). The molecule has 142 valence electrons. The van der Waals surface area contributed by atoms with Crippen LogP contribution in [0, 0.1) is 0 Å². The van der Waals surface area contributed by atoms with Crippen molar-refractivity contribution >= 4 is 19.1 Å². The van der Waals surface area contributed by atoms with Gasteiger partial charge in [-0.15, -0.1) is 0 Å². The molecule has 0 aliphatic carbocycles. The van der Waals surface area contributed by atoms with E-state index in [0.717, 1.165) is 19.3 Å². The van der Waals surface area contributed by atoms with Crippen molar-refractivity contribution in [1.82, 2.24) is 0 Å². The van der Waals surface area contributed by atoms with Crippen molar-refractivity contribution in [3.05, 3.63) is 0 Å². The first-order valence-corrected chi connectivity index (χ1v) is 11.4. The molecule has 0 aromatic carbocycles. The molecule has 0 atom stereocenters. The Hall–Kier alpha value is -0.830. The molecular formula is C18H35O5P. The Kier molecular flexibility index (Phi) is 14.0. The highest BCUT2D eigenvalue weighted by Gasteiger charge is 2.24. The van der Waals surface area contributed by atoms with Crippen LogP contribution in [0.4, 0.5) is 0 Å². The fourth-order valence-electron chi connectivity index (χ4n) is 2.66. The first-order valence-electron chi connectivity index (χ1n) is 9.18. The van der Waals surface area contributed by atoms with Crippen LogP contribution in [-0.4, -0.2) is 44.6 Å². The summed E-state index contributed by atoms with van der Waals surface area (Å²) in [5.41, 5.74) is 0. The largest absolute Gasteiger partial charge is 0.469 e. The zero-order valence-electron chi connectivity index (χ0n) is 15.7. The second-order valence-electron chi connectivity index (χ2n) is 6.36. The van der Waals surface area contributed by atoms with Crippen molar-refractivity contribution in [2.45, 2.75) is 71.1 Å². The van der Waals surface area contributed by atoms with Gasteiger partial charge in [-0.1, -0.05) is 51.9 Å². The average molecular weight is 362 g/mol. The van der Waals surface area contributed by atoms with Crippen molar-refractivity contribution in [2.75, 3.05) is 32.7 Å². The SMILES string of the molecule is CCCCCCCCCCP(=O)(CCC(=O)OC)CCC(=O)OC. The van der Waals surface area contributed by atoms with E-state index in [4.69, 9.17) is 0 Å². The number of esters is 2. The maximum atomic E-state index is 13.0. The highest BCUT2D eigenvalue weighted by molar-refractivity contribution is 7.64. The molecule has 6 heteroatoms. The van der Waals surface area contributed by atoms with E-state index < -0.39 is 7.14 Å². The second-order valence-corrected chi connectivity index (χ2v) is 9.81. The predicted molar refractivity (Wildman–Crippen MR) is 98.1 cm³/mol. The number of ether oxygens (including phenoxy) is 2. The smallest absolute Gasteiger partial charge is 0.305 e. The minimum atomic E-state index is -2.52. The van der Waals surface area contributed by atoms with Gasteiger partial charge in [0, 0.05) is 18.5 Å². The second kappa shape index (κ2) is 14.5. The minimum absolute atomic E-state index is 0.159. The molecule has 0 amide bonds. The summed E-state index contributed by atoms with van der Waals surface area (Å²) in [4.78, 5) is 22.6. The molecule has 0 heterocycles. The van der Waals surface area contributed by atoms with Gasteiger partial charge in [0.1, 0.15) is 0 Å². The summed E-state index contributed by atoms with van der Waals surface area (Å²) in [7, 11) is 0.146. The first-order chi connectivity index (χ1) is 11.5. The summed E-state index contributed by atoms with van der Waals surface area (Å²) in [6.07, 6.45) is 11.1. The standard InChI is InChI=1S/C18H35O5P/c1-4-5-6-7-8-9-10-11-14-24(21,15-12-17(19)22-2)16-13-18(20)23-3/h4-16H2,1-3H3. The Morgan fingerprint density at radius 2 is 1.12 bits per heavy atom. The summed E-state index contributed by atoms with van der Waals surface area (Å²) in [5.74, 6) is -0.687. The third kappa shape index (κ3) is 12.6. The Bertz CT molecular complexity index is 371. The van der Waals surface area contributed by atoms with Crippen LogP contribution in [0.25, 0.3) is 0 Å². The quantitative estimate of drug-likeness (QED) is 0.242. The topological polar surface area (TPSA) is 69.7 Å². The monoisotopic (exact) mass is 362 g/mol. The average Bonchev–Trinajstić information content (AvgIpc) is 2.60. The number of hydrogen-bond acceptors (Lipinski definition) is 5. The zero-order chi connectivity index (χ0) is 18.3. The van der Waals surface area contributed by atoms with Crippen LogP contribution < -0.4 is 0 Å². The molecule has 24 heavy (non-hydrogen) atoms. The zero-order valence-corrected chi connectivity index (χ0v) is 16.6. The van der Waals surface area contributed by atoms with Gasteiger partial charge in [0.2, 0.25) is 0 Å². The van der Waals surface area contributed by atoms with Gasteiger partial charge in [-0.3, -0.25) is 9.59 Å². The molecule has 0 aromatic heterocycles. The van der Waals surface area contributed by atoms with Gasteiger partial charge < -0.3 is 14.0 Å². The van der Waals surface area contributed by atoms with Crippen LogP contribution in [0.5, 0.6) is 0 Å². The fraction of sp³-hybridized carbons (Fsp3) is 0.889. The summed E-state index contributed by atoms with van der Waals surface area (Å²) in [6.45, 7) is 2.21. The maximum Gasteiger partial charge on any atom is 0.305 e. The Morgan fingerprint density at radius 3 is 1.54 bits per heavy atom. The van der Waals surface area contributed by atoms with Crippen LogP contribution in [0.3, 0.4) is 0 Å². The van der Waals surface area contributed by atoms with Gasteiger partial charge in [0.05, 0.1) is 34.2 Å². The molecule has 0 aromatic rings. The van der Waals surface area contributed by atoms with Crippen LogP contribution in [0.2, 0.25) is 0 Å². The molecule has 0 saturated heterocycles. The molecule has 0 saturated carbocycles. The molecular weight excluding hydrogens is 327 g/mol. The molecule has 0 N–H and O–H groups in total. The van der Waals surface area contributed by atoms with Crippen molar-refractivity contribution in [1.29, 1.82) is 0 Å². The number of hydrogen-bond donors (Lipinski definition) is 0. The lowest BCUT2D eigenvalue weighted by molar-refractivity contribution is -0.140. The van der Waals surface area contributed by atoms with Crippen LogP contribution >= 0.6 is 7.14 Å². The normalized spacial score (nSPS) is 11.3. The summed E-state index contributed by atoms with van der Waals surface area (Å²) < 4.78 is 22.3. The molecule has 0 bridgehead atoms. The van der Waals surface area contributed by atoms with Crippen LogP contribution in [-0.2, 0) is 23.6 Å². The van der Waals surface area contributed by atoms with Crippen molar-refractivity contribution < 1.29 is 23.6 Å². The Morgan fingerprint density at radius 1 is 0.708 bits per heavy atom. The van der Waals surface area contributed by atoms with Gasteiger partial charge in [0.15, 0.2) is 0 Å². The molecule has 0 spiro atoms. The molecule has 5 nitrogen and oxygen atoms in total. The number of rotatable bonds is 15. The lowest BCUT2D eigenvalue weighted by Crippen LogP contribution is -2.10. The fourth-order valence-corrected chi connectivity index (χ4v) is 5.31. The van der Waals surface area contributed by atoms with E-state index in [2.05, 4.69) is 16.4 Å². The van der Waals surface area contributed by atoms with Gasteiger partial charge in [-0.2, -0.15) is 0 Å². The van der Waals surface area contributed by atoms with Crippen LogP contribution in [0.15, 0.2) is 0 Å². The highest BCUT2D eigenvalue weighted by atomic mass is 31.2. The van der Waals surface area contributed by atoms with E-state index in [0.29, 0.717) is 18.5 Å². The molecule has 0 fully saturated rings. The molecule has 0 aliphatic rings. The summed E-state index contributed by atoms with van der Waals surface area (Å²) in [6, 6.07) is 0. The number of methoxy groups -OCH3 is 2. The van der Waals surface area contributed by atoms with E-state index in [1.54, 1.807) is 0 Å². The molecule has 0 aliphatic heterocycles.